The van der Waals surface area contributed by atoms with Gasteiger partial charge in [-0.1, -0.05) is 0 Å². The molecule has 0 aromatic heterocycles. The number of hydrogen-bond acceptors (Lipinski definition) is 3. The molecule has 20 heavy (non-hydrogen) atoms. The van der Waals surface area contributed by atoms with E-state index in [0.717, 1.165) is 18.2 Å². The number of ether oxygens (including phenoxy) is 1. The number of benzene rings is 1. The highest BCUT2D eigenvalue weighted by molar-refractivity contribution is 5.93. The van der Waals surface area contributed by atoms with Crippen LogP contribution in [0.1, 0.15) is 0 Å². The third kappa shape index (κ3) is 6.58. The van der Waals surface area contributed by atoms with E-state index in [1.165, 1.54) is 7.05 Å². The van der Waals surface area contributed by atoms with Gasteiger partial charge in [-0.05, 0) is 19.2 Å². The van der Waals surface area contributed by atoms with Gasteiger partial charge < -0.3 is 15.4 Å². The molecule has 1 rings (SSSR count). The molecule has 0 saturated heterocycles. The smallest absolute Gasteiger partial charge is 0.422 e. The van der Waals surface area contributed by atoms with Crippen molar-refractivity contribution in [1.82, 2.24) is 5.32 Å². The van der Waals surface area contributed by atoms with Crippen molar-refractivity contribution in [2.75, 3.05) is 25.5 Å². The SMILES string of the molecule is CNCC(=O)Nc1ccc(F)cc1OCC(F)(F)F.Cl. The van der Waals surface area contributed by atoms with Gasteiger partial charge in [0.05, 0.1) is 12.2 Å². The number of anilines is 1. The van der Waals surface area contributed by atoms with E-state index < -0.39 is 24.5 Å². The van der Waals surface area contributed by atoms with Crippen molar-refractivity contribution in [1.29, 1.82) is 0 Å². The van der Waals surface area contributed by atoms with Gasteiger partial charge in [-0.2, -0.15) is 13.2 Å². The summed E-state index contributed by atoms with van der Waals surface area (Å²) in [6.45, 7) is -1.60. The van der Waals surface area contributed by atoms with Crippen LogP contribution in [-0.2, 0) is 4.79 Å². The molecule has 0 saturated carbocycles. The molecular weight excluding hydrogens is 304 g/mol. The number of nitrogens with one attached hydrogen (secondary N) is 2. The Morgan fingerprint density at radius 3 is 2.55 bits per heavy atom. The number of carbonyl (C=O) groups excluding carboxylic acids is 1. The predicted molar refractivity (Wildman–Crippen MR) is 67.8 cm³/mol. The maximum Gasteiger partial charge on any atom is 0.422 e. The quantitative estimate of drug-likeness (QED) is 0.820. The van der Waals surface area contributed by atoms with Crippen LogP contribution in [0, 0.1) is 5.82 Å². The molecule has 0 radical (unpaired) electrons. The van der Waals surface area contributed by atoms with Crippen molar-refractivity contribution in [3.05, 3.63) is 24.0 Å². The number of hydrogen-bond donors (Lipinski definition) is 2. The maximum absolute atomic E-state index is 13.0. The minimum Gasteiger partial charge on any atom is -0.482 e. The van der Waals surface area contributed by atoms with Crippen molar-refractivity contribution in [3.8, 4) is 5.75 Å². The summed E-state index contributed by atoms with van der Waals surface area (Å²) in [5, 5.41) is 4.88. The van der Waals surface area contributed by atoms with E-state index in [4.69, 9.17) is 0 Å². The molecule has 0 fully saturated rings. The first-order chi connectivity index (χ1) is 8.81. The number of amides is 1. The van der Waals surface area contributed by atoms with Gasteiger partial charge in [-0.15, -0.1) is 12.4 Å². The average molecular weight is 317 g/mol. The van der Waals surface area contributed by atoms with Crippen LogP contribution in [0.2, 0.25) is 0 Å². The fraction of sp³-hybridized carbons (Fsp3) is 0.364. The Morgan fingerprint density at radius 2 is 2.00 bits per heavy atom. The molecule has 0 aliphatic carbocycles. The summed E-state index contributed by atoms with van der Waals surface area (Å²) in [6.07, 6.45) is -4.54. The fourth-order valence-corrected chi connectivity index (χ4v) is 1.23. The molecule has 9 heteroatoms. The summed E-state index contributed by atoms with van der Waals surface area (Å²) in [5.41, 5.74) is -0.0223. The first-order valence-electron chi connectivity index (χ1n) is 5.25. The second kappa shape index (κ2) is 7.91. The van der Waals surface area contributed by atoms with E-state index in [-0.39, 0.29) is 30.4 Å². The second-order valence-electron chi connectivity index (χ2n) is 3.62. The van der Waals surface area contributed by atoms with E-state index in [9.17, 15) is 22.4 Å². The zero-order chi connectivity index (χ0) is 14.5. The monoisotopic (exact) mass is 316 g/mol. The molecule has 1 aromatic rings. The second-order valence-corrected chi connectivity index (χ2v) is 3.62. The van der Waals surface area contributed by atoms with Crippen LogP contribution in [0.25, 0.3) is 0 Å². The van der Waals surface area contributed by atoms with Gasteiger partial charge in [-0.25, -0.2) is 4.39 Å². The van der Waals surface area contributed by atoms with E-state index in [1.807, 2.05) is 0 Å². The summed E-state index contributed by atoms with van der Waals surface area (Å²) >= 11 is 0. The summed E-state index contributed by atoms with van der Waals surface area (Å²) in [5.74, 6) is -1.61. The Morgan fingerprint density at radius 1 is 1.35 bits per heavy atom. The molecular formula is C11H13ClF4N2O2. The van der Waals surface area contributed by atoms with Gasteiger partial charge in [0.25, 0.3) is 0 Å². The molecule has 0 spiro atoms. The number of carbonyl (C=O) groups is 1. The normalized spacial score (nSPS) is 10.7. The summed E-state index contributed by atoms with van der Waals surface area (Å²) in [4.78, 5) is 11.3. The van der Waals surface area contributed by atoms with Crippen LogP contribution >= 0.6 is 12.4 Å². The molecule has 0 aliphatic rings. The molecule has 0 atom stereocenters. The highest BCUT2D eigenvalue weighted by atomic mass is 35.5. The minimum atomic E-state index is -4.54. The van der Waals surface area contributed by atoms with Crippen LogP contribution in [0.3, 0.4) is 0 Å². The topological polar surface area (TPSA) is 50.4 Å². The molecule has 1 amide bonds. The van der Waals surface area contributed by atoms with E-state index in [2.05, 4.69) is 15.4 Å². The predicted octanol–water partition coefficient (Wildman–Crippen LogP) is 2.35. The van der Waals surface area contributed by atoms with Crippen LogP contribution < -0.4 is 15.4 Å². The van der Waals surface area contributed by atoms with E-state index in [1.54, 1.807) is 0 Å². The molecule has 0 aliphatic heterocycles. The zero-order valence-electron chi connectivity index (χ0n) is 10.4. The number of likely N-dealkylation sites (N-methyl/N-ethyl adjacent to an activating group) is 1. The standard InChI is InChI=1S/C11H12F4N2O2.ClH/c1-16-5-10(18)17-8-3-2-7(12)4-9(8)19-6-11(13,14)15;/h2-4,16H,5-6H2,1H3,(H,17,18);1H. The van der Waals surface area contributed by atoms with Crippen molar-refractivity contribution in [3.63, 3.8) is 0 Å². The lowest BCUT2D eigenvalue weighted by Crippen LogP contribution is -2.26. The van der Waals surface area contributed by atoms with E-state index in [0.29, 0.717) is 0 Å². The summed E-state index contributed by atoms with van der Waals surface area (Å²) in [7, 11) is 1.53. The van der Waals surface area contributed by atoms with E-state index >= 15 is 0 Å². The van der Waals surface area contributed by atoms with Gasteiger partial charge in [-0.3, -0.25) is 4.79 Å². The Kier molecular flexibility index (Phi) is 7.30. The van der Waals surface area contributed by atoms with Crippen molar-refractivity contribution in [2.45, 2.75) is 6.18 Å². The van der Waals surface area contributed by atoms with Gasteiger partial charge >= 0.3 is 6.18 Å². The number of halogens is 5. The first kappa shape index (κ1) is 18.5. The van der Waals surface area contributed by atoms with Gasteiger partial charge in [0.1, 0.15) is 11.6 Å². The van der Waals surface area contributed by atoms with Crippen LogP contribution in [0.15, 0.2) is 18.2 Å². The Bertz CT molecular complexity index is 455. The average Bonchev–Trinajstić information content (AvgIpc) is 2.29. The van der Waals surface area contributed by atoms with Gasteiger partial charge in [0, 0.05) is 6.07 Å². The lowest BCUT2D eigenvalue weighted by atomic mass is 10.2. The maximum atomic E-state index is 13.0. The van der Waals surface area contributed by atoms with Gasteiger partial charge in [0.2, 0.25) is 5.91 Å². The fourth-order valence-electron chi connectivity index (χ4n) is 1.23. The Labute approximate surface area is 118 Å². The first-order valence-corrected chi connectivity index (χ1v) is 5.25. The molecule has 114 valence electrons. The van der Waals surface area contributed by atoms with Crippen molar-refractivity contribution < 1.29 is 27.1 Å². The molecule has 0 unspecified atom stereocenters. The van der Waals surface area contributed by atoms with Crippen LogP contribution in [-0.4, -0.2) is 32.3 Å². The lowest BCUT2D eigenvalue weighted by Gasteiger charge is -2.14. The molecule has 0 bridgehead atoms. The number of rotatable bonds is 5. The van der Waals surface area contributed by atoms with Crippen molar-refractivity contribution >= 4 is 24.0 Å². The lowest BCUT2D eigenvalue weighted by molar-refractivity contribution is -0.153. The summed E-state index contributed by atoms with van der Waals surface area (Å²) < 4.78 is 53.5. The Hall–Kier alpha value is -1.54. The molecule has 0 heterocycles. The Balaban J connectivity index is 0.00000361. The van der Waals surface area contributed by atoms with Crippen molar-refractivity contribution in [2.24, 2.45) is 0 Å². The molecule has 1 aromatic carbocycles. The van der Waals surface area contributed by atoms with Crippen LogP contribution in [0.5, 0.6) is 5.75 Å². The zero-order valence-corrected chi connectivity index (χ0v) is 11.2. The third-order valence-corrected chi connectivity index (χ3v) is 1.95. The van der Waals surface area contributed by atoms with Crippen LogP contribution in [0.4, 0.5) is 23.2 Å². The largest absolute Gasteiger partial charge is 0.482 e. The van der Waals surface area contributed by atoms with Gasteiger partial charge in [0.15, 0.2) is 6.61 Å². The molecule has 4 nitrogen and oxygen atoms in total. The molecule has 2 N–H and O–H groups in total. The highest BCUT2D eigenvalue weighted by Gasteiger charge is 2.29. The third-order valence-electron chi connectivity index (χ3n) is 1.95. The summed E-state index contributed by atoms with van der Waals surface area (Å²) in [6, 6.07) is 2.92. The highest BCUT2D eigenvalue weighted by Crippen LogP contribution is 2.27. The number of alkyl halides is 3. The minimum absolute atomic E-state index is 0.